The van der Waals surface area contributed by atoms with Crippen molar-refractivity contribution in [3.63, 3.8) is 0 Å². The normalized spacial score (nSPS) is 13.0. The minimum absolute atomic E-state index is 0.296. The number of ether oxygens (including phenoxy) is 2. The van der Waals surface area contributed by atoms with Crippen molar-refractivity contribution in [1.29, 1.82) is 5.26 Å². The van der Waals surface area contributed by atoms with E-state index in [1.807, 2.05) is 18.2 Å². The zero-order chi connectivity index (χ0) is 24.0. The first kappa shape index (κ1) is 29.6. The number of benzene rings is 1. The highest BCUT2D eigenvalue weighted by molar-refractivity contribution is 5.36. The molecule has 0 aliphatic heterocycles. The van der Waals surface area contributed by atoms with Crippen LogP contribution in [0.2, 0.25) is 0 Å². The van der Waals surface area contributed by atoms with E-state index in [2.05, 4.69) is 13.0 Å². The maximum Gasteiger partial charge on any atom is 0.180 e. The first-order valence-electron chi connectivity index (χ1n) is 13.6. The Morgan fingerprint density at radius 1 is 0.758 bits per heavy atom. The predicted octanol–water partition coefficient (Wildman–Crippen LogP) is 8.06. The fourth-order valence-electron chi connectivity index (χ4n) is 4.05. The predicted molar refractivity (Wildman–Crippen MR) is 137 cm³/mol. The van der Waals surface area contributed by atoms with Crippen molar-refractivity contribution >= 4 is 0 Å². The fourth-order valence-corrected chi connectivity index (χ4v) is 4.05. The van der Waals surface area contributed by atoms with Gasteiger partial charge in [-0.2, -0.15) is 5.26 Å². The molecular formula is C29H49NO3. The monoisotopic (exact) mass is 459 g/mol. The lowest BCUT2D eigenvalue weighted by Crippen LogP contribution is -2.29. The lowest BCUT2D eigenvalue weighted by molar-refractivity contribution is -0.176. The fraction of sp³-hybridized carbons (Fsp3) is 0.759. The number of nitriles is 1. The van der Waals surface area contributed by atoms with Gasteiger partial charge < -0.3 is 14.6 Å². The van der Waals surface area contributed by atoms with Gasteiger partial charge in [0, 0.05) is 6.61 Å². The Bertz CT molecular complexity index is 613. The van der Waals surface area contributed by atoms with Crippen LogP contribution in [0.15, 0.2) is 24.3 Å². The Morgan fingerprint density at radius 2 is 1.24 bits per heavy atom. The molecule has 0 saturated heterocycles. The molecule has 188 valence electrons. The molecular weight excluding hydrogens is 410 g/mol. The molecule has 1 aromatic carbocycles. The molecule has 2 atom stereocenters. The second-order valence-electron chi connectivity index (χ2n) is 9.35. The van der Waals surface area contributed by atoms with Crippen LogP contribution in [0.3, 0.4) is 0 Å². The van der Waals surface area contributed by atoms with Gasteiger partial charge in [-0.25, -0.2) is 0 Å². The molecule has 4 heteroatoms. The second-order valence-corrected chi connectivity index (χ2v) is 9.35. The Hall–Kier alpha value is -1.41. The van der Waals surface area contributed by atoms with E-state index in [1.54, 1.807) is 13.0 Å². The molecule has 0 heterocycles. The summed E-state index contributed by atoms with van der Waals surface area (Å²) in [7, 11) is 0. The molecule has 1 rings (SSSR count). The van der Waals surface area contributed by atoms with Crippen molar-refractivity contribution in [3.05, 3.63) is 35.4 Å². The molecule has 4 nitrogen and oxygen atoms in total. The first-order valence-corrected chi connectivity index (χ1v) is 13.6. The summed E-state index contributed by atoms with van der Waals surface area (Å²) in [4.78, 5) is 0. The standard InChI is InChI=1S/C29H49NO3/c1-3-4-5-6-7-8-9-10-11-12-13-14-15-16-17-20-23-32-29(31)26(2)33-25-28-22-19-18-21-27(28)24-30/h18-19,21-22,26,29,31H,3-17,20,23,25H2,1-2H3/t26-,29-/m0/s1. The van der Waals surface area contributed by atoms with E-state index >= 15 is 0 Å². The van der Waals surface area contributed by atoms with Crippen LogP contribution < -0.4 is 0 Å². The third kappa shape index (κ3) is 16.0. The highest BCUT2D eigenvalue weighted by Crippen LogP contribution is 2.15. The Labute approximate surface area is 203 Å². The average molecular weight is 460 g/mol. The van der Waals surface area contributed by atoms with Crippen molar-refractivity contribution in [2.45, 2.75) is 136 Å². The Morgan fingerprint density at radius 3 is 1.76 bits per heavy atom. The highest BCUT2D eigenvalue weighted by Gasteiger charge is 2.15. The van der Waals surface area contributed by atoms with Gasteiger partial charge in [0.2, 0.25) is 0 Å². The minimum Gasteiger partial charge on any atom is -0.369 e. The summed E-state index contributed by atoms with van der Waals surface area (Å²) in [6.07, 6.45) is 20.1. The average Bonchev–Trinajstić information content (AvgIpc) is 2.84. The molecule has 0 unspecified atom stereocenters. The number of hydrogen-bond donors (Lipinski definition) is 1. The molecule has 0 fully saturated rings. The van der Waals surface area contributed by atoms with Crippen LogP contribution in [-0.4, -0.2) is 24.1 Å². The summed E-state index contributed by atoms with van der Waals surface area (Å²) >= 11 is 0. The Kier molecular flexibility index (Phi) is 19.0. The zero-order valence-corrected chi connectivity index (χ0v) is 21.4. The van der Waals surface area contributed by atoms with Crippen LogP contribution in [0.5, 0.6) is 0 Å². The molecule has 0 radical (unpaired) electrons. The smallest absolute Gasteiger partial charge is 0.180 e. The Balaban J connectivity index is 1.87. The van der Waals surface area contributed by atoms with E-state index in [9.17, 15) is 5.11 Å². The number of hydrogen-bond acceptors (Lipinski definition) is 4. The number of aliphatic hydroxyl groups excluding tert-OH is 1. The van der Waals surface area contributed by atoms with E-state index < -0.39 is 12.4 Å². The van der Waals surface area contributed by atoms with Crippen molar-refractivity contribution in [2.24, 2.45) is 0 Å². The lowest BCUT2D eigenvalue weighted by atomic mass is 10.0. The second kappa shape index (κ2) is 21.1. The third-order valence-electron chi connectivity index (χ3n) is 6.33. The van der Waals surface area contributed by atoms with E-state index in [1.165, 1.54) is 89.9 Å². The van der Waals surface area contributed by atoms with Gasteiger partial charge in [-0.15, -0.1) is 0 Å². The number of nitrogens with zero attached hydrogens (tertiary/aromatic N) is 1. The van der Waals surface area contributed by atoms with E-state index in [-0.39, 0.29) is 0 Å². The molecule has 0 aliphatic rings. The van der Waals surface area contributed by atoms with Crippen LogP contribution in [0, 0.1) is 11.3 Å². The van der Waals surface area contributed by atoms with Gasteiger partial charge in [-0.1, -0.05) is 121 Å². The van der Waals surface area contributed by atoms with Crippen molar-refractivity contribution in [1.82, 2.24) is 0 Å². The van der Waals surface area contributed by atoms with Gasteiger partial charge in [0.25, 0.3) is 0 Å². The molecule has 0 aliphatic carbocycles. The van der Waals surface area contributed by atoms with Crippen molar-refractivity contribution < 1.29 is 14.6 Å². The highest BCUT2D eigenvalue weighted by atomic mass is 16.6. The van der Waals surface area contributed by atoms with Gasteiger partial charge in [-0.3, -0.25) is 0 Å². The number of aliphatic hydroxyl groups is 1. The molecule has 1 aromatic rings. The van der Waals surface area contributed by atoms with Crippen LogP contribution >= 0.6 is 0 Å². The SMILES string of the molecule is CCCCCCCCCCCCCCCCCCO[C@H](O)[C@H](C)OCc1ccccc1C#N. The van der Waals surface area contributed by atoms with E-state index in [0.29, 0.717) is 18.8 Å². The zero-order valence-electron chi connectivity index (χ0n) is 21.4. The summed E-state index contributed by atoms with van der Waals surface area (Å²) < 4.78 is 11.2. The molecule has 1 N–H and O–H groups in total. The molecule has 0 bridgehead atoms. The summed E-state index contributed by atoms with van der Waals surface area (Å²) in [6, 6.07) is 9.52. The largest absolute Gasteiger partial charge is 0.369 e. The maximum absolute atomic E-state index is 10.1. The molecule has 0 spiro atoms. The summed E-state index contributed by atoms with van der Waals surface area (Å²) in [5.74, 6) is 0. The van der Waals surface area contributed by atoms with E-state index in [0.717, 1.165) is 18.4 Å². The van der Waals surface area contributed by atoms with Gasteiger partial charge in [0.05, 0.1) is 18.2 Å². The van der Waals surface area contributed by atoms with Gasteiger partial charge in [0.15, 0.2) is 6.29 Å². The first-order chi connectivity index (χ1) is 16.2. The number of unbranched alkanes of at least 4 members (excludes halogenated alkanes) is 15. The quantitative estimate of drug-likeness (QED) is 0.141. The molecule has 0 aromatic heterocycles. The van der Waals surface area contributed by atoms with Crippen LogP contribution in [0.25, 0.3) is 0 Å². The number of rotatable bonds is 22. The van der Waals surface area contributed by atoms with Crippen LogP contribution in [0.4, 0.5) is 0 Å². The minimum atomic E-state index is -0.935. The summed E-state index contributed by atoms with van der Waals surface area (Å²) in [6.45, 7) is 4.93. The van der Waals surface area contributed by atoms with Crippen LogP contribution in [-0.2, 0) is 16.1 Å². The third-order valence-corrected chi connectivity index (χ3v) is 6.33. The van der Waals surface area contributed by atoms with Gasteiger partial charge >= 0.3 is 0 Å². The molecule has 0 amide bonds. The topological polar surface area (TPSA) is 62.5 Å². The van der Waals surface area contributed by atoms with Crippen LogP contribution in [0.1, 0.15) is 128 Å². The van der Waals surface area contributed by atoms with Crippen molar-refractivity contribution in [2.75, 3.05) is 6.61 Å². The summed E-state index contributed by atoms with van der Waals surface area (Å²) in [5, 5.41) is 19.3. The van der Waals surface area contributed by atoms with Gasteiger partial charge in [-0.05, 0) is 25.0 Å². The summed E-state index contributed by atoms with van der Waals surface area (Å²) in [5.41, 5.74) is 1.44. The van der Waals surface area contributed by atoms with Crippen molar-refractivity contribution in [3.8, 4) is 6.07 Å². The van der Waals surface area contributed by atoms with Gasteiger partial charge in [0.1, 0.15) is 6.10 Å². The lowest BCUT2D eigenvalue weighted by Gasteiger charge is -2.20. The molecule has 0 saturated carbocycles. The van der Waals surface area contributed by atoms with E-state index in [4.69, 9.17) is 14.7 Å². The molecule has 33 heavy (non-hydrogen) atoms. The maximum atomic E-state index is 10.1.